The maximum absolute atomic E-state index is 11.8. The minimum absolute atomic E-state index is 0.178. The van der Waals surface area contributed by atoms with Gasteiger partial charge in [-0.15, -0.1) is 0 Å². The van der Waals surface area contributed by atoms with Crippen LogP contribution in [-0.4, -0.2) is 28.9 Å². The molecule has 0 aliphatic carbocycles. The van der Waals surface area contributed by atoms with Crippen LogP contribution < -0.4 is 5.32 Å². The second-order valence-electron chi connectivity index (χ2n) is 4.84. The predicted octanol–water partition coefficient (Wildman–Crippen LogP) is 1.92. The van der Waals surface area contributed by atoms with Gasteiger partial charge in [-0.2, -0.15) is 5.10 Å². The molecule has 0 saturated heterocycles. The molecular formula is C12H19N3O2. The van der Waals surface area contributed by atoms with Crippen molar-refractivity contribution in [3.05, 3.63) is 11.8 Å². The van der Waals surface area contributed by atoms with Crippen LogP contribution in [0.25, 0.3) is 0 Å². The van der Waals surface area contributed by atoms with E-state index in [1.807, 2.05) is 4.68 Å². The van der Waals surface area contributed by atoms with E-state index < -0.39 is 0 Å². The lowest BCUT2D eigenvalue weighted by Gasteiger charge is -2.28. The van der Waals surface area contributed by atoms with Crippen molar-refractivity contribution in [1.82, 2.24) is 9.78 Å². The van der Waals surface area contributed by atoms with E-state index >= 15 is 0 Å². The van der Waals surface area contributed by atoms with Crippen LogP contribution in [0.4, 0.5) is 5.82 Å². The van der Waals surface area contributed by atoms with Gasteiger partial charge in [0.25, 0.3) is 0 Å². The number of carbonyl (C=O) groups is 1. The molecule has 2 unspecified atom stereocenters. The summed E-state index contributed by atoms with van der Waals surface area (Å²) in [6, 6.07) is 0.524. The summed E-state index contributed by atoms with van der Waals surface area (Å²) in [7, 11) is 1.43. The van der Waals surface area contributed by atoms with Crippen LogP contribution in [0.2, 0.25) is 0 Å². The molecule has 0 fully saturated rings. The normalized spacial score (nSPS) is 23.1. The molecule has 1 aliphatic rings. The minimum Gasteiger partial charge on any atom is -0.469 e. The fraction of sp³-hybridized carbons (Fsp3) is 0.667. The number of methoxy groups -OCH3 is 1. The summed E-state index contributed by atoms with van der Waals surface area (Å²) >= 11 is 0. The van der Waals surface area contributed by atoms with Gasteiger partial charge in [-0.1, -0.05) is 0 Å². The summed E-state index contributed by atoms with van der Waals surface area (Å²) in [6.07, 6.45) is 2.53. The molecule has 94 valence electrons. The van der Waals surface area contributed by atoms with E-state index in [2.05, 4.69) is 31.2 Å². The molecule has 0 saturated carbocycles. The number of nitrogens with one attached hydrogen (secondary N) is 1. The lowest BCUT2D eigenvalue weighted by Crippen LogP contribution is -2.30. The Bertz CT molecular complexity index is 425. The molecule has 1 aromatic rings. The third kappa shape index (κ3) is 2.01. The van der Waals surface area contributed by atoms with Crippen LogP contribution in [0.5, 0.6) is 0 Å². The Morgan fingerprint density at radius 1 is 1.65 bits per heavy atom. The van der Waals surface area contributed by atoms with Crippen LogP contribution in [-0.2, 0) is 9.53 Å². The fourth-order valence-electron chi connectivity index (χ4n) is 2.31. The molecule has 17 heavy (non-hydrogen) atoms. The van der Waals surface area contributed by atoms with Crippen molar-refractivity contribution in [2.45, 2.75) is 45.2 Å². The van der Waals surface area contributed by atoms with Crippen molar-refractivity contribution in [1.29, 1.82) is 0 Å². The first kappa shape index (κ1) is 12.0. The maximum atomic E-state index is 11.8. The van der Waals surface area contributed by atoms with Gasteiger partial charge >= 0.3 is 5.97 Å². The highest BCUT2D eigenvalue weighted by Gasteiger charge is 2.33. The average molecular weight is 237 g/mol. The van der Waals surface area contributed by atoms with Crippen LogP contribution >= 0.6 is 0 Å². The molecule has 1 N–H and O–H groups in total. The van der Waals surface area contributed by atoms with Crippen molar-refractivity contribution in [3.8, 4) is 0 Å². The highest BCUT2D eigenvalue weighted by molar-refractivity contribution is 5.81. The number of nitrogens with zero attached hydrogens (tertiary/aromatic N) is 2. The zero-order valence-electron chi connectivity index (χ0n) is 10.7. The molecule has 2 rings (SSSR count). The van der Waals surface area contributed by atoms with E-state index in [1.165, 1.54) is 7.11 Å². The molecular weight excluding hydrogens is 218 g/mol. The Morgan fingerprint density at radius 2 is 2.35 bits per heavy atom. The van der Waals surface area contributed by atoms with Gasteiger partial charge in [0, 0.05) is 17.6 Å². The van der Waals surface area contributed by atoms with Crippen LogP contribution in [0.1, 0.15) is 44.7 Å². The summed E-state index contributed by atoms with van der Waals surface area (Å²) in [4.78, 5) is 11.8. The maximum Gasteiger partial charge on any atom is 0.313 e. The number of hydrogen-bond donors (Lipinski definition) is 1. The van der Waals surface area contributed by atoms with Gasteiger partial charge in [-0.3, -0.25) is 4.79 Å². The van der Waals surface area contributed by atoms with Crippen LogP contribution in [0.15, 0.2) is 6.20 Å². The SMILES string of the molecule is COC(=O)C1CC(C)Nc2c1cnn2C(C)C. The summed E-state index contributed by atoms with van der Waals surface area (Å²) in [5, 5.41) is 7.74. The number of esters is 1. The molecule has 0 amide bonds. The Balaban J connectivity index is 2.41. The summed E-state index contributed by atoms with van der Waals surface area (Å²) in [6.45, 7) is 6.21. The van der Waals surface area contributed by atoms with Crippen molar-refractivity contribution in [3.63, 3.8) is 0 Å². The molecule has 1 aromatic heterocycles. The second kappa shape index (κ2) is 4.39. The third-order valence-electron chi connectivity index (χ3n) is 3.15. The number of anilines is 1. The van der Waals surface area contributed by atoms with Gasteiger partial charge in [-0.05, 0) is 27.2 Å². The quantitative estimate of drug-likeness (QED) is 0.798. The standard InChI is InChI=1S/C12H19N3O2/c1-7(2)15-11-10(6-13-15)9(12(16)17-4)5-8(3)14-11/h6-9,14H,5H2,1-4H3. The Labute approximate surface area is 101 Å². The van der Waals surface area contributed by atoms with E-state index in [9.17, 15) is 4.79 Å². The zero-order chi connectivity index (χ0) is 12.6. The number of fused-ring (bicyclic) bond motifs is 1. The molecule has 0 bridgehead atoms. The van der Waals surface area contributed by atoms with Gasteiger partial charge in [-0.25, -0.2) is 4.68 Å². The van der Waals surface area contributed by atoms with E-state index in [1.54, 1.807) is 6.20 Å². The number of rotatable bonds is 2. The first-order chi connectivity index (χ1) is 8.04. The molecule has 0 spiro atoms. The van der Waals surface area contributed by atoms with E-state index in [0.717, 1.165) is 17.8 Å². The summed E-state index contributed by atoms with van der Waals surface area (Å²) in [5.41, 5.74) is 0.948. The summed E-state index contributed by atoms with van der Waals surface area (Å²) in [5.74, 6) is 0.579. The zero-order valence-corrected chi connectivity index (χ0v) is 10.7. The van der Waals surface area contributed by atoms with E-state index in [0.29, 0.717) is 0 Å². The molecule has 2 atom stereocenters. The first-order valence-corrected chi connectivity index (χ1v) is 5.96. The fourth-order valence-corrected chi connectivity index (χ4v) is 2.31. The summed E-state index contributed by atoms with van der Waals surface area (Å²) < 4.78 is 6.78. The molecule has 2 heterocycles. The second-order valence-corrected chi connectivity index (χ2v) is 4.84. The highest BCUT2D eigenvalue weighted by Crippen LogP contribution is 2.36. The molecule has 5 heteroatoms. The monoisotopic (exact) mass is 237 g/mol. The van der Waals surface area contributed by atoms with Crippen molar-refractivity contribution in [2.24, 2.45) is 0 Å². The molecule has 1 aliphatic heterocycles. The van der Waals surface area contributed by atoms with Gasteiger partial charge in [0.05, 0.1) is 19.2 Å². The van der Waals surface area contributed by atoms with Crippen molar-refractivity contribution < 1.29 is 9.53 Å². The molecule has 5 nitrogen and oxygen atoms in total. The lowest BCUT2D eigenvalue weighted by atomic mass is 9.91. The first-order valence-electron chi connectivity index (χ1n) is 5.96. The van der Waals surface area contributed by atoms with E-state index in [4.69, 9.17) is 4.74 Å². The van der Waals surface area contributed by atoms with E-state index in [-0.39, 0.29) is 24.0 Å². The third-order valence-corrected chi connectivity index (χ3v) is 3.15. The van der Waals surface area contributed by atoms with Gasteiger partial charge in [0.15, 0.2) is 0 Å². The van der Waals surface area contributed by atoms with Crippen molar-refractivity contribution in [2.75, 3.05) is 12.4 Å². The van der Waals surface area contributed by atoms with Gasteiger partial charge in [0.1, 0.15) is 5.82 Å². The van der Waals surface area contributed by atoms with Crippen LogP contribution in [0.3, 0.4) is 0 Å². The number of hydrogen-bond acceptors (Lipinski definition) is 4. The smallest absolute Gasteiger partial charge is 0.313 e. The van der Waals surface area contributed by atoms with Gasteiger partial charge < -0.3 is 10.1 Å². The predicted molar refractivity (Wildman–Crippen MR) is 65.1 cm³/mol. The largest absolute Gasteiger partial charge is 0.469 e. The molecule has 0 aromatic carbocycles. The topological polar surface area (TPSA) is 56.1 Å². The number of aromatic nitrogens is 2. The minimum atomic E-state index is -0.196. The van der Waals surface area contributed by atoms with Gasteiger partial charge in [0.2, 0.25) is 0 Å². The van der Waals surface area contributed by atoms with Crippen molar-refractivity contribution >= 4 is 11.8 Å². The number of carbonyl (C=O) groups excluding carboxylic acids is 1. The lowest BCUT2D eigenvalue weighted by molar-refractivity contribution is -0.142. The Morgan fingerprint density at radius 3 is 2.94 bits per heavy atom. The highest BCUT2D eigenvalue weighted by atomic mass is 16.5. The number of ether oxygens (including phenoxy) is 1. The Hall–Kier alpha value is -1.52. The Kier molecular flexibility index (Phi) is 3.09. The van der Waals surface area contributed by atoms with Crippen LogP contribution in [0, 0.1) is 0 Å². The average Bonchev–Trinajstić information content (AvgIpc) is 2.70. The molecule has 0 radical (unpaired) electrons.